The SMILES string of the molecule is Cc1cc(NC(=O)COC(=O)c2ccc(Nc3ccccc3)c([N+](=O)[O-])c2)no1. The van der Waals surface area contributed by atoms with Gasteiger partial charge in [0.25, 0.3) is 11.6 Å². The van der Waals surface area contributed by atoms with Crippen molar-refractivity contribution in [3.8, 4) is 0 Å². The maximum Gasteiger partial charge on any atom is 0.338 e. The Kier molecular flexibility index (Phi) is 5.83. The summed E-state index contributed by atoms with van der Waals surface area (Å²) in [5, 5.41) is 20.3. The molecule has 0 fully saturated rings. The number of esters is 1. The molecule has 0 saturated heterocycles. The van der Waals surface area contributed by atoms with Crippen molar-refractivity contribution >= 4 is 34.8 Å². The van der Waals surface area contributed by atoms with Gasteiger partial charge >= 0.3 is 5.97 Å². The molecule has 0 aliphatic rings. The third kappa shape index (κ3) is 5.16. The molecule has 2 aromatic carbocycles. The molecular formula is C19H16N4O6. The minimum absolute atomic E-state index is 0.0552. The van der Waals surface area contributed by atoms with E-state index >= 15 is 0 Å². The van der Waals surface area contributed by atoms with Crippen molar-refractivity contribution in [2.75, 3.05) is 17.2 Å². The normalized spacial score (nSPS) is 10.2. The molecule has 0 atom stereocenters. The predicted molar refractivity (Wildman–Crippen MR) is 103 cm³/mol. The Balaban J connectivity index is 1.66. The van der Waals surface area contributed by atoms with Crippen molar-refractivity contribution in [3.63, 3.8) is 0 Å². The number of benzene rings is 2. The van der Waals surface area contributed by atoms with Crippen molar-refractivity contribution in [1.29, 1.82) is 0 Å². The maximum atomic E-state index is 12.2. The fraction of sp³-hybridized carbons (Fsp3) is 0.105. The summed E-state index contributed by atoms with van der Waals surface area (Å²) in [5.41, 5.74) is 0.522. The summed E-state index contributed by atoms with van der Waals surface area (Å²) in [5.74, 6) is -0.793. The van der Waals surface area contributed by atoms with E-state index < -0.39 is 23.4 Å². The van der Waals surface area contributed by atoms with Crippen LogP contribution in [0.25, 0.3) is 0 Å². The topological polar surface area (TPSA) is 137 Å². The highest BCUT2D eigenvalue weighted by Gasteiger charge is 2.19. The smallest absolute Gasteiger partial charge is 0.338 e. The van der Waals surface area contributed by atoms with Gasteiger partial charge in [0, 0.05) is 17.8 Å². The molecule has 10 heteroatoms. The van der Waals surface area contributed by atoms with Gasteiger partial charge in [0.1, 0.15) is 11.4 Å². The van der Waals surface area contributed by atoms with Gasteiger partial charge in [-0.3, -0.25) is 14.9 Å². The summed E-state index contributed by atoms with van der Waals surface area (Å²) in [6.45, 7) is 1.08. The van der Waals surface area contributed by atoms with E-state index in [1.165, 1.54) is 18.2 Å². The van der Waals surface area contributed by atoms with Gasteiger partial charge in [0.15, 0.2) is 12.4 Å². The molecule has 29 heavy (non-hydrogen) atoms. The number of aryl methyl sites for hydroxylation is 1. The number of nitrogens with one attached hydrogen (secondary N) is 2. The van der Waals surface area contributed by atoms with Crippen LogP contribution in [0.4, 0.5) is 22.9 Å². The molecule has 0 bridgehead atoms. The summed E-state index contributed by atoms with van der Waals surface area (Å²) in [4.78, 5) is 34.8. The molecular weight excluding hydrogens is 380 g/mol. The van der Waals surface area contributed by atoms with Crippen LogP contribution in [0.2, 0.25) is 0 Å². The lowest BCUT2D eigenvalue weighted by Gasteiger charge is -2.09. The van der Waals surface area contributed by atoms with Crippen LogP contribution in [-0.2, 0) is 9.53 Å². The Morgan fingerprint density at radius 3 is 2.59 bits per heavy atom. The molecule has 1 amide bonds. The minimum atomic E-state index is -0.870. The summed E-state index contributed by atoms with van der Waals surface area (Å²) < 4.78 is 9.72. The first-order chi connectivity index (χ1) is 13.9. The Bertz CT molecular complexity index is 1050. The summed E-state index contributed by atoms with van der Waals surface area (Å²) in [6, 6.07) is 14.3. The molecule has 0 aliphatic carbocycles. The lowest BCUT2D eigenvalue weighted by atomic mass is 10.1. The molecule has 10 nitrogen and oxygen atoms in total. The van der Waals surface area contributed by atoms with Crippen LogP contribution in [-0.4, -0.2) is 28.6 Å². The summed E-state index contributed by atoms with van der Waals surface area (Å²) >= 11 is 0. The van der Waals surface area contributed by atoms with E-state index in [2.05, 4.69) is 15.8 Å². The summed E-state index contributed by atoms with van der Waals surface area (Å²) in [7, 11) is 0. The van der Waals surface area contributed by atoms with E-state index in [4.69, 9.17) is 9.26 Å². The molecule has 0 spiro atoms. The van der Waals surface area contributed by atoms with Crippen LogP contribution in [0, 0.1) is 17.0 Å². The number of nitrogens with zero attached hydrogens (tertiary/aromatic N) is 2. The van der Waals surface area contributed by atoms with Gasteiger partial charge in [-0.2, -0.15) is 0 Å². The maximum absolute atomic E-state index is 12.2. The van der Waals surface area contributed by atoms with Gasteiger partial charge in [-0.05, 0) is 31.2 Å². The van der Waals surface area contributed by atoms with Gasteiger partial charge in [0.2, 0.25) is 0 Å². The number of nitro benzene ring substituents is 1. The van der Waals surface area contributed by atoms with E-state index in [0.29, 0.717) is 11.4 Å². The van der Waals surface area contributed by atoms with Crippen LogP contribution in [0.15, 0.2) is 59.1 Å². The monoisotopic (exact) mass is 396 g/mol. The average molecular weight is 396 g/mol. The van der Waals surface area contributed by atoms with Crippen LogP contribution in [0.5, 0.6) is 0 Å². The number of anilines is 3. The first-order valence-electron chi connectivity index (χ1n) is 8.43. The number of carbonyl (C=O) groups is 2. The van der Waals surface area contributed by atoms with Crippen molar-refractivity contribution in [2.45, 2.75) is 6.92 Å². The van der Waals surface area contributed by atoms with Crippen LogP contribution < -0.4 is 10.6 Å². The number of ether oxygens (including phenoxy) is 1. The third-order valence-electron chi connectivity index (χ3n) is 3.71. The fourth-order valence-electron chi connectivity index (χ4n) is 2.41. The molecule has 0 unspecified atom stereocenters. The van der Waals surface area contributed by atoms with E-state index in [1.54, 1.807) is 31.2 Å². The Hall–Kier alpha value is -4.21. The van der Waals surface area contributed by atoms with Crippen molar-refractivity contribution in [3.05, 3.63) is 76.0 Å². The molecule has 1 heterocycles. The number of amides is 1. The molecule has 2 N–H and O–H groups in total. The largest absolute Gasteiger partial charge is 0.452 e. The number of hydrogen-bond donors (Lipinski definition) is 2. The van der Waals surface area contributed by atoms with Gasteiger partial charge < -0.3 is 19.9 Å². The molecule has 3 rings (SSSR count). The van der Waals surface area contributed by atoms with Crippen molar-refractivity contribution < 1.29 is 23.8 Å². The second-order valence-electron chi connectivity index (χ2n) is 5.93. The van der Waals surface area contributed by atoms with Gasteiger partial charge in [0.05, 0.1) is 10.5 Å². The molecule has 148 valence electrons. The van der Waals surface area contributed by atoms with Crippen molar-refractivity contribution in [1.82, 2.24) is 5.16 Å². The van der Waals surface area contributed by atoms with Crippen LogP contribution >= 0.6 is 0 Å². The first kappa shape index (κ1) is 19.5. The molecule has 0 aliphatic heterocycles. The molecule has 1 aromatic heterocycles. The lowest BCUT2D eigenvalue weighted by molar-refractivity contribution is -0.383. The van der Waals surface area contributed by atoms with Crippen LogP contribution in [0.3, 0.4) is 0 Å². The molecule has 3 aromatic rings. The molecule has 0 radical (unpaired) electrons. The van der Waals surface area contributed by atoms with E-state index in [0.717, 1.165) is 6.07 Å². The second kappa shape index (κ2) is 8.65. The quantitative estimate of drug-likeness (QED) is 0.352. The van der Waals surface area contributed by atoms with E-state index in [-0.39, 0.29) is 22.8 Å². The number of aromatic nitrogens is 1. The number of rotatable bonds is 7. The van der Waals surface area contributed by atoms with E-state index in [9.17, 15) is 19.7 Å². The predicted octanol–water partition coefficient (Wildman–Crippen LogP) is 3.43. The Morgan fingerprint density at radius 1 is 1.17 bits per heavy atom. The minimum Gasteiger partial charge on any atom is -0.452 e. The fourth-order valence-corrected chi connectivity index (χ4v) is 2.41. The number of nitro groups is 1. The number of hydrogen-bond acceptors (Lipinski definition) is 8. The first-order valence-corrected chi connectivity index (χ1v) is 8.43. The van der Waals surface area contributed by atoms with Gasteiger partial charge in [-0.1, -0.05) is 23.4 Å². The van der Waals surface area contributed by atoms with Gasteiger partial charge in [-0.25, -0.2) is 4.79 Å². The highest BCUT2D eigenvalue weighted by Crippen LogP contribution is 2.28. The third-order valence-corrected chi connectivity index (χ3v) is 3.71. The van der Waals surface area contributed by atoms with Crippen molar-refractivity contribution in [2.24, 2.45) is 0 Å². The lowest BCUT2D eigenvalue weighted by Crippen LogP contribution is -2.21. The number of carbonyl (C=O) groups excluding carboxylic acids is 2. The van der Waals surface area contributed by atoms with Gasteiger partial charge in [-0.15, -0.1) is 0 Å². The standard InChI is InChI=1S/C19H16N4O6/c1-12-9-17(22-29-12)21-18(24)11-28-19(25)13-7-8-15(16(10-13)23(26)27)20-14-5-3-2-4-6-14/h2-10,20H,11H2,1H3,(H,21,22,24). The second-order valence-corrected chi connectivity index (χ2v) is 5.93. The zero-order valence-electron chi connectivity index (χ0n) is 15.2. The average Bonchev–Trinajstić information content (AvgIpc) is 3.11. The molecule has 0 saturated carbocycles. The highest BCUT2D eigenvalue weighted by atomic mass is 16.6. The zero-order valence-corrected chi connectivity index (χ0v) is 15.2. The van der Waals surface area contributed by atoms with E-state index in [1.807, 2.05) is 6.07 Å². The number of para-hydroxylation sites is 1. The van der Waals surface area contributed by atoms with Crippen LogP contribution in [0.1, 0.15) is 16.1 Å². The Morgan fingerprint density at radius 2 is 1.93 bits per heavy atom. The highest BCUT2D eigenvalue weighted by molar-refractivity contribution is 5.96. The zero-order chi connectivity index (χ0) is 20.8. The Labute approximate surface area is 164 Å². The summed E-state index contributed by atoms with van der Waals surface area (Å²) in [6.07, 6.45) is 0.